The largest absolute Gasteiger partial charge is 0.406 e. The van der Waals surface area contributed by atoms with E-state index in [0.29, 0.717) is 14.9 Å². The molecule has 1 rings (SSSR count). The van der Waals surface area contributed by atoms with Crippen molar-refractivity contribution in [1.82, 2.24) is 15.5 Å². The van der Waals surface area contributed by atoms with Gasteiger partial charge in [0, 0.05) is 24.1 Å². The average molecular weight is 527 g/mol. The molecule has 0 heterocycles. The highest BCUT2D eigenvalue weighted by molar-refractivity contribution is 14.0. The molecule has 0 aliphatic carbocycles. The molecule has 1 aromatic rings. The first-order valence-electron chi connectivity index (χ1n) is 7.26. The predicted molar refractivity (Wildman–Crippen MR) is 108 cm³/mol. The van der Waals surface area contributed by atoms with Crippen LogP contribution in [-0.2, 0) is 4.79 Å². The van der Waals surface area contributed by atoms with E-state index in [-0.39, 0.29) is 42.5 Å². The highest BCUT2D eigenvalue weighted by Crippen LogP contribution is 2.25. The molecule has 148 valence electrons. The van der Waals surface area contributed by atoms with Gasteiger partial charge >= 0.3 is 6.18 Å². The first-order valence-corrected chi connectivity index (χ1v) is 8.02. The Hall–Kier alpha value is -0.940. The molecule has 0 aliphatic heterocycles. The number of carbonyl (C=O) groups is 1. The minimum Gasteiger partial charge on any atom is -0.350 e. The lowest BCUT2D eigenvalue weighted by Gasteiger charge is -2.22. The number of rotatable bonds is 5. The number of aliphatic imine (C=N–C) groups is 1. The third-order valence-corrected chi connectivity index (χ3v) is 3.82. The molecule has 0 spiro atoms. The molecular formula is C15H20Cl2F3IN4O. The van der Waals surface area contributed by atoms with Crippen molar-refractivity contribution in [2.45, 2.75) is 19.1 Å². The predicted octanol–water partition coefficient (Wildman–Crippen LogP) is 3.86. The zero-order valence-electron chi connectivity index (χ0n) is 14.3. The van der Waals surface area contributed by atoms with Gasteiger partial charge < -0.3 is 15.5 Å². The van der Waals surface area contributed by atoms with E-state index in [4.69, 9.17) is 23.2 Å². The first-order chi connectivity index (χ1) is 11.5. The molecule has 1 amide bonds. The number of nitrogens with one attached hydrogen (secondary N) is 2. The molecule has 1 aromatic carbocycles. The van der Waals surface area contributed by atoms with Gasteiger partial charge in [-0.2, -0.15) is 13.2 Å². The summed E-state index contributed by atoms with van der Waals surface area (Å²) in [5.41, 5.74) is 0.759. The van der Waals surface area contributed by atoms with Crippen molar-refractivity contribution in [3.05, 3.63) is 33.8 Å². The smallest absolute Gasteiger partial charge is 0.350 e. The van der Waals surface area contributed by atoms with Crippen LogP contribution in [0.15, 0.2) is 23.2 Å². The lowest BCUT2D eigenvalue weighted by molar-refractivity contribution is -0.157. The summed E-state index contributed by atoms with van der Waals surface area (Å²) in [5, 5.41) is 6.65. The van der Waals surface area contributed by atoms with Crippen LogP contribution in [0.2, 0.25) is 10.0 Å². The Kier molecular flexibility index (Phi) is 10.6. The van der Waals surface area contributed by atoms with Crippen molar-refractivity contribution in [3.8, 4) is 0 Å². The second-order valence-electron chi connectivity index (χ2n) is 5.32. The highest BCUT2D eigenvalue weighted by atomic mass is 127. The number of alkyl halides is 3. The molecule has 0 saturated heterocycles. The normalized spacial score (nSPS) is 12.8. The zero-order valence-corrected chi connectivity index (χ0v) is 18.2. The van der Waals surface area contributed by atoms with Crippen LogP contribution in [0, 0.1) is 0 Å². The molecule has 0 fully saturated rings. The topological polar surface area (TPSA) is 56.7 Å². The van der Waals surface area contributed by atoms with Crippen molar-refractivity contribution in [2.75, 3.05) is 27.2 Å². The first kappa shape index (κ1) is 25.1. The SMILES string of the molecule is CN=C(NCC(=O)N(C)CC(F)(F)F)NC(C)c1ccc(Cl)cc1Cl.I. The summed E-state index contributed by atoms with van der Waals surface area (Å²) in [7, 11) is 2.57. The van der Waals surface area contributed by atoms with Crippen molar-refractivity contribution in [3.63, 3.8) is 0 Å². The van der Waals surface area contributed by atoms with E-state index in [1.807, 2.05) is 6.92 Å². The average Bonchev–Trinajstić information content (AvgIpc) is 2.48. The number of benzene rings is 1. The Balaban J connectivity index is 0.00000625. The molecule has 0 aliphatic rings. The molecule has 5 nitrogen and oxygen atoms in total. The van der Waals surface area contributed by atoms with E-state index in [0.717, 1.165) is 12.6 Å². The molecular weight excluding hydrogens is 507 g/mol. The van der Waals surface area contributed by atoms with Crippen LogP contribution >= 0.6 is 47.2 Å². The quantitative estimate of drug-likeness (QED) is 0.348. The number of hydrogen-bond donors (Lipinski definition) is 2. The van der Waals surface area contributed by atoms with E-state index in [1.165, 1.54) is 7.05 Å². The van der Waals surface area contributed by atoms with Gasteiger partial charge in [0.25, 0.3) is 0 Å². The number of hydrogen-bond acceptors (Lipinski definition) is 2. The maximum atomic E-state index is 12.3. The monoisotopic (exact) mass is 526 g/mol. The molecule has 0 bridgehead atoms. The van der Waals surface area contributed by atoms with Crippen LogP contribution < -0.4 is 10.6 Å². The third kappa shape index (κ3) is 8.63. The number of carbonyl (C=O) groups excluding carboxylic acids is 1. The fourth-order valence-electron chi connectivity index (χ4n) is 1.98. The van der Waals surface area contributed by atoms with Gasteiger partial charge in [0.2, 0.25) is 5.91 Å². The number of likely N-dealkylation sites (N-methyl/N-ethyl adjacent to an activating group) is 1. The lowest BCUT2D eigenvalue weighted by atomic mass is 10.1. The molecule has 1 atom stereocenters. The molecule has 0 saturated carbocycles. The maximum absolute atomic E-state index is 12.3. The minimum absolute atomic E-state index is 0. The Morgan fingerprint density at radius 2 is 1.96 bits per heavy atom. The summed E-state index contributed by atoms with van der Waals surface area (Å²) >= 11 is 12.0. The van der Waals surface area contributed by atoms with Gasteiger partial charge in [-0.25, -0.2) is 0 Å². The van der Waals surface area contributed by atoms with Gasteiger partial charge in [0.1, 0.15) is 6.54 Å². The van der Waals surface area contributed by atoms with E-state index in [2.05, 4.69) is 15.6 Å². The number of halogens is 6. The van der Waals surface area contributed by atoms with E-state index in [9.17, 15) is 18.0 Å². The zero-order chi connectivity index (χ0) is 19.2. The molecule has 2 N–H and O–H groups in total. The highest BCUT2D eigenvalue weighted by Gasteiger charge is 2.31. The van der Waals surface area contributed by atoms with Gasteiger partial charge in [0.15, 0.2) is 5.96 Å². The van der Waals surface area contributed by atoms with Crippen LogP contribution in [-0.4, -0.2) is 50.1 Å². The molecule has 0 aromatic heterocycles. The van der Waals surface area contributed by atoms with Gasteiger partial charge in [0.05, 0.1) is 12.6 Å². The molecule has 1 unspecified atom stereocenters. The van der Waals surface area contributed by atoms with Gasteiger partial charge in [-0.1, -0.05) is 29.3 Å². The lowest BCUT2D eigenvalue weighted by Crippen LogP contribution is -2.46. The van der Waals surface area contributed by atoms with Crippen molar-refractivity contribution in [1.29, 1.82) is 0 Å². The van der Waals surface area contributed by atoms with Gasteiger partial charge in [-0.05, 0) is 24.6 Å². The summed E-state index contributed by atoms with van der Waals surface area (Å²) in [6, 6.07) is 4.77. The number of amides is 1. The second-order valence-corrected chi connectivity index (χ2v) is 6.17. The van der Waals surface area contributed by atoms with Crippen molar-refractivity contribution in [2.24, 2.45) is 4.99 Å². The van der Waals surface area contributed by atoms with Gasteiger partial charge in [-0.3, -0.25) is 9.79 Å². The van der Waals surface area contributed by atoms with Crippen LogP contribution in [0.5, 0.6) is 0 Å². The van der Waals surface area contributed by atoms with Crippen LogP contribution in [0.3, 0.4) is 0 Å². The summed E-state index contributed by atoms with van der Waals surface area (Å²) in [5.74, 6) is -0.454. The third-order valence-electron chi connectivity index (χ3n) is 3.26. The summed E-state index contributed by atoms with van der Waals surface area (Å²) in [4.78, 5) is 16.3. The van der Waals surface area contributed by atoms with Crippen molar-refractivity contribution >= 4 is 59.0 Å². The minimum atomic E-state index is -4.44. The molecule has 26 heavy (non-hydrogen) atoms. The van der Waals surface area contributed by atoms with Crippen LogP contribution in [0.1, 0.15) is 18.5 Å². The number of nitrogens with zero attached hydrogens (tertiary/aromatic N) is 2. The fraction of sp³-hybridized carbons (Fsp3) is 0.467. The standard InChI is InChI=1S/C15H19Cl2F3N4O.HI/c1-9(11-5-4-10(16)6-12(11)17)23-14(21-2)22-7-13(25)24(3)8-15(18,19)20;/h4-6,9H,7-8H2,1-3H3,(H2,21,22,23);1H. The molecule has 0 radical (unpaired) electrons. The van der Waals surface area contributed by atoms with E-state index >= 15 is 0 Å². The summed E-state index contributed by atoms with van der Waals surface area (Å²) in [6.07, 6.45) is -4.44. The van der Waals surface area contributed by atoms with E-state index in [1.54, 1.807) is 18.2 Å². The van der Waals surface area contributed by atoms with E-state index < -0.39 is 18.6 Å². The number of guanidine groups is 1. The molecule has 11 heteroatoms. The Bertz CT molecular complexity index is 644. The Morgan fingerprint density at radius 1 is 1.35 bits per heavy atom. The van der Waals surface area contributed by atoms with Gasteiger partial charge in [-0.15, -0.1) is 24.0 Å². The Morgan fingerprint density at radius 3 is 2.46 bits per heavy atom. The Labute approximate surface area is 177 Å². The van der Waals surface area contributed by atoms with Crippen molar-refractivity contribution < 1.29 is 18.0 Å². The van der Waals surface area contributed by atoms with Crippen LogP contribution in [0.25, 0.3) is 0 Å². The summed E-state index contributed by atoms with van der Waals surface area (Å²) in [6.45, 7) is 0.184. The summed E-state index contributed by atoms with van der Waals surface area (Å²) < 4.78 is 36.9. The second kappa shape index (κ2) is 11.0. The maximum Gasteiger partial charge on any atom is 0.406 e. The fourth-order valence-corrected chi connectivity index (χ4v) is 2.55. The van der Waals surface area contributed by atoms with Crippen LogP contribution in [0.4, 0.5) is 13.2 Å².